The molecule has 5 heteroatoms. The molecule has 116 valence electrons. The summed E-state index contributed by atoms with van der Waals surface area (Å²) < 4.78 is 12.8. The molecule has 1 aromatic carbocycles. The molecule has 1 aliphatic heterocycles. The van der Waals surface area contributed by atoms with Gasteiger partial charge in [0.1, 0.15) is 5.56 Å². The lowest BCUT2D eigenvalue weighted by atomic mass is 10.1. The molecule has 1 atom stereocenters. The van der Waals surface area contributed by atoms with Gasteiger partial charge in [-0.25, -0.2) is 9.48 Å². The molecule has 0 fully saturated rings. The highest BCUT2D eigenvalue weighted by Crippen LogP contribution is 2.30. The number of nitrogens with zero attached hydrogens (tertiary/aromatic N) is 2. The fourth-order valence-electron chi connectivity index (χ4n) is 2.64. The molecular formula is C17H20N2O3. The van der Waals surface area contributed by atoms with Crippen molar-refractivity contribution < 1.29 is 14.3 Å². The van der Waals surface area contributed by atoms with Gasteiger partial charge in [-0.15, -0.1) is 0 Å². The lowest BCUT2D eigenvalue weighted by molar-refractivity contribution is 0.0513. The van der Waals surface area contributed by atoms with Crippen molar-refractivity contribution in [2.45, 2.75) is 39.3 Å². The molecule has 0 bridgehead atoms. The fourth-order valence-corrected chi connectivity index (χ4v) is 2.64. The summed E-state index contributed by atoms with van der Waals surface area (Å²) in [6, 6.07) is 9.98. The highest BCUT2D eigenvalue weighted by Gasteiger charge is 2.30. The van der Waals surface area contributed by atoms with Gasteiger partial charge in [-0.3, -0.25) is 0 Å². The predicted molar refractivity (Wildman–Crippen MR) is 82.1 cm³/mol. The van der Waals surface area contributed by atoms with E-state index in [9.17, 15) is 4.79 Å². The maximum atomic E-state index is 12.3. The van der Waals surface area contributed by atoms with E-state index in [0.29, 0.717) is 30.2 Å². The summed E-state index contributed by atoms with van der Waals surface area (Å²) in [4.78, 5) is 12.3. The van der Waals surface area contributed by atoms with E-state index in [0.717, 1.165) is 18.5 Å². The number of hydrogen-bond donors (Lipinski definition) is 0. The Morgan fingerprint density at radius 1 is 1.41 bits per heavy atom. The van der Waals surface area contributed by atoms with E-state index in [4.69, 9.17) is 9.47 Å². The number of ether oxygens (including phenoxy) is 2. The Morgan fingerprint density at radius 3 is 2.91 bits per heavy atom. The van der Waals surface area contributed by atoms with Gasteiger partial charge in [-0.2, -0.15) is 5.10 Å². The van der Waals surface area contributed by atoms with Crippen molar-refractivity contribution in [3.8, 4) is 5.88 Å². The van der Waals surface area contributed by atoms with Crippen LogP contribution in [0.3, 0.4) is 0 Å². The molecule has 3 rings (SSSR count). The van der Waals surface area contributed by atoms with E-state index < -0.39 is 0 Å². The summed E-state index contributed by atoms with van der Waals surface area (Å²) in [5.74, 6) is 0.187. The first-order chi connectivity index (χ1) is 10.7. The average molecular weight is 300 g/mol. The Balaban J connectivity index is 1.99. The second kappa shape index (κ2) is 6.22. The molecule has 2 heterocycles. The van der Waals surface area contributed by atoms with Crippen molar-refractivity contribution in [1.29, 1.82) is 0 Å². The van der Waals surface area contributed by atoms with Gasteiger partial charge < -0.3 is 9.47 Å². The van der Waals surface area contributed by atoms with Crippen LogP contribution in [-0.2, 0) is 17.7 Å². The SMILES string of the molecule is CCOC(=O)c1c(Cc2ccccc2)nn2c1OC(C)CC2. The molecule has 5 nitrogen and oxygen atoms in total. The number of hydrogen-bond acceptors (Lipinski definition) is 4. The third-order valence-corrected chi connectivity index (χ3v) is 3.73. The Kier molecular flexibility index (Phi) is 4.13. The number of carbonyl (C=O) groups is 1. The predicted octanol–water partition coefficient (Wildman–Crippen LogP) is 2.82. The number of carbonyl (C=O) groups excluding carboxylic acids is 1. The highest BCUT2D eigenvalue weighted by atomic mass is 16.5. The Labute approximate surface area is 129 Å². The zero-order chi connectivity index (χ0) is 15.5. The minimum absolute atomic E-state index is 0.0851. The monoisotopic (exact) mass is 300 g/mol. The van der Waals surface area contributed by atoms with Gasteiger partial charge >= 0.3 is 5.97 Å². The molecule has 0 aliphatic carbocycles. The topological polar surface area (TPSA) is 53.3 Å². The molecule has 0 N–H and O–H groups in total. The fraction of sp³-hybridized carbons (Fsp3) is 0.412. The smallest absolute Gasteiger partial charge is 0.345 e. The molecule has 2 aromatic rings. The molecule has 1 aromatic heterocycles. The van der Waals surface area contributed by atoms with Crippen LogP contribution in [0, 0.1) is 0 Å². The van der Waals surface area contributed by atoms with Crippen molar-refractivity contribution in [2.24, 2.45) is 0 Å². The van der Waals surface area contributed by atoms with Crippen LogP contribution in [-0.4, -0.2) is 28.5 Å². The van der Waals surface area contributed by atoms with Gasteiger partial charge in [0, 0.05) is 19.4 Å². The molecule has 1 unspecified atom stereocenters. The van der Waals surface area contributed by atoms with Gasteiger partial charge in [0.2, 0.25) is 5.88 Å². The highest BCUT2D eigenvalue weighted by molar-refractivity contribution is 5.93. The number of rotatable bonds is 4. The van der Waals surface area contributed by atoms with Gasteiger partial charge in [0.25, 0.3) is 0 Å². The van der Waals surface area contributed by atoms with Crippen molar-refractivity contribution in [2.75, 3.05) is 6.61 Å². The quantitative estimate of drug-likeness (QED) is 0.815. The summed E-state index contributed by atoms with van der Waals surface area (Å²) in [6.07, 6.45) is 1.57. The van der Waals surface area contributed by atoms with Crippen LogP contribution in [0.5, 0.6) is 5.88 Å². The van der Waals surface area contributed by atoms with Crippen LogP contribution in [0.1, 0.15) is 41.9 Å². The van der Waals surface area contributed by atoms with Crippen LogP contribution in [0.2, 0.25) is 0 Å². The number of aromatic nitrogens is 2. The average Bonchev–Trinajstić information content (AvgIpc) is 2.85. The molecule has 0 saturated carbocycles. The third kappa shape index (κ3) is 2.84. The van der Waals surface area contributed by atoms with Crippen LogP contribution < -0.4 is 4.74 Å². The molecule has 0 amide bonds. The Morgan fingerprint density at radius 2 is 2.18 bits per heavy atom. The normalized spacial score (nSPS) is 16.7. The Bertz CT molecular complexity index is 664. The maximum Gasteiger partial charge on any atom is 0.345 e. The van der Waals surface area contributed by atoms with Crippen molar-refractivity contribution in [3.63, 3.8) is 0 Å². The second-order valence-corrected chi connectivity index (χ2v) is 5.45. The third-order valence-electron chi connectivity index (χ3n) is 3.73. The standard InChI is InChI=1S/C17H20N2O3/c1-3-21-17(20)15-14(11-13-7-5-4-6-8-13)18-19-10-9-12(2)22-16(15)19/h4-8,12H,3,9-11H2,1-2H3. The summed E-state index contributed by atoms with van der Waals surface area (Å²) in [5, 5.41) is 4.57. The van der Waals surface area contributed by atoms with Gasteiger partial charge in [0.05, 0.1) is 18.4 Å². The van der Waals surface area contributed by atoms with Crippen molar-refractivity contribution in [3.05, 3.63) is 47.2 Å². The minimum atomic E-state index is -0.358. The van der Waals surface area contributed by atoms with Gasteiger partial charge in [0.15, 0.2) is 0 Å². The lowest BCUT2D eigenvalue weighted by Gasteiger charge is -2.21. The van der Waals surface area contributed by atoms with Crippen molar-refractivity contribution in [1.82, 2.24) is 9.78 Å². The van der Waals surface area contributed by atoms with E-state index in [1.54, 1.807) is 11.6 Å². The van der Waals surface area contributed by atoms with E-state index in [-0.39, 0.29) is 12.1 Å². The largest absolute Gasteiger partial charge is 0.474 e. The zero-order valence-electron chi connectivity index (χ0n) is 12.9. The number of aryl methyl sites for hydroxylation is 1. The summed E-state index contributed by atoms with van der Waals surface area (Å²) in [5.41, 5.74) is 2.29. The van der Waals surface area contributed by atoms with Crippen molar-refractivity contribution >= 4 is 5.97 Å². The van der Waals surface area contributed by atoms with E-state index >= 15 is 0 Å². The van der Waals surface area contributed by atoms with Gasteiger partial charge in [-0.1, -0.05) is 30.3 Å². The summed E-state index contributed by atoms with van der Waals surface area (Å²) in [6.45, 7) is 4.90. The first-order valence-corrected chi connectivity index (χ1v) is 7.66. The molecule has 22 heavy (non-hydrogen) atoms. The second-order valence-electron chi connectivity index (χ2n) is 5.45. The van der Waals surface area contributed by atoms with E-state index in [1.807, 2.05) is 37.3 Å². The Hall–Kier alpha value is -2.30. The number of benzene rings is 1. The van der Waals surface area contributed by atoms with Gasteiger partial charge in [-0.05, 0) is 19.4 Å². The van der Waals surface area contributed by atoms with Crippen LogP contribution in [0.4, 0.5) is 0 Å². The summed E-state index contributed by atoms with van der Waals surface area (Å²) >= 11 is 0. The van der Waals surface area contributed by atoms with Crippen LogP contribution >= 0.6 is 0 Å². The molecule has 0 spiro atoms. The maximum absolute atomic E-state index is 12.3. The van der Waals surface area contributed by atoms with Crippen LogP contribution in [0.25, 0.3) is 0 Å². The molecule has 1 aliphatic rings. The number of fused-ring (bicyclic) bond motifs is 1. The molecular weight excluding hydrogens is 280 g/mol. The first kappa shape index (κ1) is 14.6. The lowest BCUT2D eigenvalue weighted by Crippen LogP contribution is -2.24. The first-order valence-electron chi connectivity index (χ1n) is 7.66. The van der Waals surface area contributed by atoms with E-state index in [1.165, 1.54) is 0 Å². The summed E-state index contributed by atoms with van der Waals surface area (Å²) in [7, 11) is 0. The van der Waals surface area contributed by atoms with E-state index in [2.05, 4.69) is 5.10 Å². The zero-order valence-corrected chi connectivity index (χ0v) is 12.9. The minimum Gasteiger partial charge on any atom is -0.474 e. The molecule has 0 saturated heterocycles. The van der Waals surface area contributed by atoms with Crippen LogP contribution in [0.15, 0.2) is 30.3 Å². The molecule has 0 radical (unpaired) electrons. The number of esters is 1.